The van der Waals surface area contributed by atoms with E-state index in [0.29, 0.717) is 17.8 Å². The number of hydrogen-bond acceptors (Lipinski definition) is 2. The van der Waals surface area contributed by atoms with Gasteiger partial charge in [0.05, 0.1) is 0 Å². The molecule has 3 N–H and O–H groups in total. The van der Waals surface area contributed by atoms with Crippen molar-refractivity contribution in [2.45, 2.75) is 6.54 Å². The molecule has 0 spiro atoms. The first kappa shape index (κ1) is 9.89. The van der Waals surface area contributed by atoms with E-state index in [-0.39, 0.29) is 5.82 Å². The van der Waals surface area contributed by atoms with Crippen molar-refractivity contribution >= 4 is 0 Å². The third-order valence-electron chi connectivity index (χ3n) is 2.19. The molecule has 3 nitrogen and oxygen atoms in total. The number of hydroxylamine groups is 1. The molecule has 0 saturated heterocycles. The largest absolute Gasteiger partial charge is 0.361 e. The normalized spacial score (nSPS) is 10.5. The van der Waals surface area contributed by atoms with Crippen LogP contribution in [-0.4, -0.2) is 10.2 Å². The number of hydrogen-bond donors (Lipinski definition) is 3. The Hall–Kier alpha value is -1.65. The first-order valence-corrected chi connectivity index (χ1v) is 4.60. The summed E-state index contributed by atoms with van der Waals surface area (Å²) in [5.41, 5.74) is 4.16. The zero-order valence-corrected chi connectivity index (χ0v) is 8.00. The van der Waals surface area contributed by atoms with Crippen molar-refractivity contribution in [3.05, 3.63) is 47.9 Å². The van der Waals surface area contributed by atoms with E-state index in [0.717, 1.165) is 5.56 Å². The minimum Gasteiger partial charge on any atom is -0.361 e. The van der Waals surface area contributed by atoms with E-state index in [1.807, 2.05) is 5.48 Å². The minimum absolute atomic E-state index is 0.261. The predicted molar refractivity (Wildman–Crippen MR) is 54.8 cm³/mol. The van der Waals surface area contributed by atoms with Gasteiger partial charge in [0.2, 0.25) is 0 Å². The van der Waals surface area contributed by atoms with Crippen LogP contribution in [0, 0.1) is 5.82 Å². The highest BCUT2D eigenvalue weighted by Gasteiger charge is 2.05. The van der Waals surface area contributed by atoms with Crippen LogP contribution in [0.25, 0.3) is 11.3 Å². The van der Waals surface area contributed by atoms with Gasteiger partial charge in [-0.1, -0.05) is 12.1 Å². The molecule has 1 heterocycles. The zero-order chi connectivity index (χ0) is 10.7. The van der Waals surface area contributed by atoms with Gasteiger partial charge in [-0.25, -0.2) is 9.87 Å². The molecular formula is C11H11FN2O. The number of aromatic nitrogens is 1. The van der Waals surface area contributed by atoms with Crippen LogP contribution in [0.2, 0.25) is 0 Å². The SMILES string of the molecule is ONCc1c[nH]c(-c2ccccc2F)c1. The fraction of sp³-hybridized carbons (Fsp3) is 0.0909. The van der Waals surface area contributed by atoms with Crippen LogP contribution in [-0.2, 0) is 6.54 Å². The second kappa shape index (κ2) is 4.25. The lowest BCUT2D eigenvalue weighted by Gasteiger charge is -1.98. The van der Waals surface area contributed by atoms with Gasteiger partial charge in [0.15, 0.2) is 0 Å². The van der Waals surface area contributed by atoms with E-state index < -0.39 is 0 Å². The van der Waals surface area contributed by atoms with Crippen LogP contribution in [0.5, 0.6) is 0 Å². The molecule has 1 aromatic carbocycles. The van der Waals surface area contributed by atoms with Gasteiger partial charge in [-0.05, 0) is 23.8 Å². The molecule has 0 aliphatic heterocycles. The van der Waals surface area contributed by atoms with Crippen molar-refractivity contribution in [2.75, 3.05) is 0 Å². The second-order valence-electron chi connectivity index (χ2n) is 3.24. The highest BCUT2D eigenvalue weighted by molar-refractivity contribution is 5.60. The van der Waals surface area contributed by atoms with Crippen LogP contribution in [0.1, 0.15) is 5.56 Å². The summed E-state index contributed by atoms with van der Waals surface area (Å²) in [6, 6.07) is 8.35. The van der Waals surface area contributed by atoms with E-state index >= 15 is 0 Å². The second-order valence-corrected chi connectivity index (χ2v) is 3.24. The van der Waals surface area contributed by atoms with Gasteiger partial charge in [-0.2, -0.15) is 0 Å². The molecule has 0 saturated carbocycles. The van der Waals surface area contributed by atoms with Crippen LogP contribution < -0.4 is 5.48 Å². The maximum absolute atomic E-state index is 13.4. The monoisotopic (exact) mass is 206 g/mol. The maximum Gasteiger partial charge on any atom is 0.132 e. The fourth-order valence-electron chi connectivity index (χ4n) is 1.47. The van der Waals surface area contributed by atoms with Gasteiger partial charge in [0.1, 0.15) is 5.82 Å². The average molecular weight is 206 g/mol. The standard InChI is InChI=1S/C11H11FN2O/c12-10-4-2-1-3-9(10)11-5-8(6-13-11)7-14-15/h1-6,13-15H,7H2. The summed E-state index contributed by atoms with van der Waals surface area (Å²) in [5.74, 6) is -0.261. The highest BCUT2D eigenvalue weighted by atomic mass is 19.1. The molecule has 0 fully saturated rings. The summed E-state index contributed by atoms with van der Waals surface area (Å²) in [5, 5.41) is 8.52. The molecule has 15 heavy (non-hydrogen) atoms. The van der Waals surface area contributed by atoms with Crippen molar-refractivity contribution in [1.29, 1.82) is 0 Å². The highest BCUT2D eigenvalue weighted by Crippen LogP contribution is 2.21. The van der Waals surface area contributed by atoms with Crippen LogP contribution in [0.4, 0.5) is 4.39 Å². The zero-order valence-electron chi connectivity index (χ0n) is 8.00. The molecular weight excluding hydrogens is 195 g/mol. The van der Waals surface area contributed by atoms with Crippen molar-refractivity contribution in [3.63, 3.8) is 0 Å². The first-order valence-electron chi connectivity index (χ1n) is 4.60. The Morgan fingerprint density at radius 2 is 2.13 bits per heavy atom. The van der Waals surface area contributed by atoms with Gasteiger partial charge >= 0.3 is 0 Å². The third kappa shape index (κ3) is 2.06. The molecule has 1 aromatic heterocycles. The number of benzene rings is 1. The van der Waals surface area contributed by atoms with Gasteiger partial charge in [0.25, 0.3) is 0 Å². The van der Waals surface area contributed by atoms with Crippen LogP contribution >= 0.6 is 0 Å². The van der Waals surface area contributed by atoms with Gasteiger partial charge in [-0.15, -0.1) is 0 Å². The summed E-state index contributed by atoms with van der Waals surface area (Å²) in [6.45, 7) is 0.338. The molecule has 0 atom stereocenters. The van der Waals surface area contributed by atoms with Crippen molar-refractivity contribution in [1.82, 2.24) is 10.5 Å². The Morgan fingerprint density at radius 1 is 1.33 bits per heavy atom. The lowest BCUT2D eigenvalue weighted by molar-refractivity contribution is 0.161. The summed E-state index contributed by atoms with van der Waals surface area (Å²) >= 11 is 0. The molecule has 2 rings (SSSR count). The lowest BCUT2D eigenvalue weighted by Crippen LogP contribution is -2.04. The Labute approximate surface area is 86.5 Å². The van der Waals surface area contributed by atoms with Crippen LogP contribution in [0.3, 0.4) is 0 Å². The van der Waals surface area contributed by atoms with E-state index in [4.69, 9.17) is 5.21 Å². The third-order valence-corrected chi connectivity index (χ3v) is 2.19. The molecule has 4 heteroatoms. The molecule has 0 aliphatic rings. The number of H-pyrrole nitrogens is 1. The molecule has 2 aromatic rings. The van der Waals surface area contributed by atoms with E-state index in [9.17, 15) is 4.39 Å². The Balaban J connectivity index is 2.33. The van der Waals surface area contributed by atoms with Crippen molar-refractivity contribution < 1.29 is 9.60 Å². The Kier molecular flexibility index (Phi) is 2.80. The minimum atomic E-state index is -0.261. The predicted octanol–water partition coefficient (Wildman–Crippen LogP) is 2.30. The number of rotatable bonds is 3. The number of nitrogens with one attached hydrogen (secondary N) is 2. The average Bonchev–Trinajstić information content (AvgIpc) is 2.68. The quantitative estimate of drug-likeness (QED) is 0.675. The molecule has 0 bridgehead atoms. The molecule has 78 valence electrons. The summed E-state index contributed by atoms with van der Waals surface area (Å²) in [7, 11) is 0. The number of aromatic amines is 1. The van der Waals surface area contributed by atoms with Crippen molar-refractivity contribution in [2.24, 2.45) is 0 Å². The molecule has 0 radical (unpaired) electrons. The van der Waals surface area contributed by atoms with E-state index in [1.165, 1.54) is 6.07 Å². The number of halogens is 1. The lowest BCUT2D eigenvalue weighted by atomic mass is 10.1. The summed E-state index contributed by atoms with van der Waals surface area (Å²) in [4.78, 5) is 2.96. The van der Waals surface area contributed by atoms with Gasteiger partial charge in [-0.3, -0.25) is 0 Å². The Morgan fingerprint density at radius 3 is 2.87 bits per heavy atom. The van der Waals surface area contributed by atoms with Crippen LogP contribution in [0.15, 0.2) is 36.5 Å². The molecule has 0 unspecified atom stereocenters. The Bertz CT molecular complexity index is 453. The topological polar surface area (TPSA) is 48.0 Å². The van der Waals surface area contributed by atoms with Gasteiger partial charge in [0, 0.05) is 24.0 Å². The van der Waals surface area contributed by atoms with Crippen molar-refractivity contribution in [3.8, 4) is 11.3 Å². The fourth-order valence-corrected chi connectivity index (χ4v) is 1.47. The summed E-state index contributed by atoms with van der Waals surface area (Å²) in [6.07, 6.45) is 1.73. The first-order chi connectivity index (χ1) is 7.31. The smallest absolute Gasteiger partial charge is 0.132 e. The maximum atomic E-state index is 13.4. The van der Waals surface area contributed by atoms with E-state index in [2.05, 4.69) is 4.98 Å². The molecule has 0 aliphatic carbocycles. The van der Waals surface area contributed by atoms with E-state index in [1.54, 1.807) is 30.5 Å². The molecule has 0 amide bonds. The summed E-state index contributed by atoms with van der Waals surface area (Å²) < 4.78 is 13.4. The van der Waals surface area contributed by atoms with Gasteiger partial charge < -0.3 is 10.2 Å².